The molecule has 0 amide bonds. The summed E-state index contributed by atoms with van der Waals surface area (Å²) < 4.78 is 12.3. The number of hydrogen-bond acceptors (Lipinski definition) is 4. The molecule has 28 heavy (non-hydrogen) atoms. The van der Waals surface area contributed by atoms with Crippen LogP contribution in [-0.4, -0.2) is 24.2 Å². The van der Waals surface area contributed by atoms with Crippen LogP contribution in [0.4, 0.5) is 0 Å². The second-order valence-electron chi connectivity index (χ2n) is 6.87. The summed E-state index contributed by atoms with van der Waals surface area (Å²) in [5.41, 5.74) is 1.77. The first-order chi connectivity index (χ1) is 13.3. The summed E-state index contributed by atoms with van der Waals surface area (Å²) in [6, 6.07) is 10.5. The lowest BCUT2D eigenvalue weighted by Crippen LogP contribution is -2.37. The van der Waals surface area contributed by atoms with Crippen LogP contribution in [0.3, 0.4) is 0 Å². The predicted octanol–water partition coefficient (Wildman–Crippen LogP) is 5.28. The summed E-state index contributed by atoms with van der Waals surface area (Å²) in [6.45, 7) is 4.67. The van der Waals surface area contributed by atoms with E-state index in [-0.39, 0.29) is 5.92 Å². The van der Waals surface area contributed by atoms with Crippen LogP contribution >= 0.6 is 27.5 Å². The Hall–Kier alpha value is -1.76. The molecule has 2 aromatic carbocycles. The lowest BCUT2D eigenvalue weighted by molar-refractivity contribution is -0.140. The third-order valence-corrected chi connectivity index (χ3v) is 5.21. The van der Waals surface area contributed by atoms with Crippen molar-refractivity contribution in [3.8, 4) is 11.5 Å². The van der Waals surface area contributed by atoms with Crippen molar-refractivity contribution in [2.45, 2.75) is 39.5 Å². The molecule has 0 radical (unpaired) electrons. The Balaban J connectivity index is 2.22. The largest absolute Gasteiger partial charge is 0.493 e. The van der Waals surface area contributed by atoms with E-state index in [9.17, 15) is 9.90 Å². The summed E-state index contributed by atoms with van der Waals surface area (Å²) in [5, 5.41) is 13.3. The SMILES string of the molecule is COc1ccc(Br)c(CNC(CC(C)C)C(=O)O)c1OCc1ccc(Cl)cc1. The van der Waals surface area contributed by atoms with Crippen LogP contribution in [0.15, 0.2) is 40.9 Å². The second-order valence-corrected chi connectivity index (χ2v) is 8.16. The van der Waals surface area contributed by atoms with E-state index < -0.39 is 12.0 Å². The molecular formula is C21H25BrClNO4. The summed E-state index contributed by atoms with van der Waals surface area (Å²) in [7, 11) is 1.58. The summed E-state index contributed by atoms with van der Waals surface area (Å²) >= 11 is 9.48. The van der Waals surface area contributed by atoms with Crippen molar-refractivity contribution < 1.29 is 19.4 Å². The quantitative estimate of drug-likeness (QED) is 0.494. The summed E-state index contributed by atoms with van der Waals surface area (Å²) in [5.74, 6) is 0.567. The first-order valence-corrected chi connectivity index (χ1v) is 10.2. The van der Waals surface area contributed by atoms with Gasteiger partial charge in [0.05, 0.1) is 7.11 Å². The Morgan fingerprint density at radius 2 is 1.89 bits per heavy atom. The molecule has 0 aromatic heterocycles. The smallest absolute Gasteiger partial charge is 0.320 e. The molecule has 7 heteroatoms. The Bertz CT molecular complexity index is 796. The van der Waals surface area contributed by atoms with E-state index in [1.54, 1.807) is 7.11 Å². The van der Waals surface area contributed by atoms with Gasteiger partial charge in [0.15, 0.2) is 11.5 Å². The van der Waals surface area contributed by atoms with Crippen molar-refractivity contribution >= 4 is 33.5 Å². The van der Waals surface area contributed by atoms with Gasteiger partial charge in [0, 0.05) is 21.6 Å². The molecule has 5 nitrogen and oxygen atoms in total. The van der Waals surface area contributed by atoms with Gasteiger partial charge in [-0.1, -0.05) is 53.5 Å². The molecule has 1 unspecified atom stereocenters. The standard InChI is InChI=1S/C21H25BrClNO4/c1-13(2)10-18(21(25)26)24-11-16-17(22)8-9-19(27-3)20(16)28-12-14-4-6-15(23)7-5-14/h4-9,13,18,24H,10-12H2,1-3H3,(H,25,26). The number of hydrogen-bond donors (Lipinski definition) is 2. The number of carbonyl (C=O) groups is 1. The molecule has 0 heterocycles. The average Bonchev–Trinajstić information content (AvgIpc) is 2.65. The van der Waals surface area contributed by atoms with Gasteiger partial charge in [0.1, 0.15) is 12.6 Å². The Morgan fingerprint density at radius 3 is 2.46 bits per heavy atom. The van der Waals surface area contributed by atoms with Gasteiger partial charge < -0.3 is 19.9 Å². The molecule has 0 bridgehead atoms. The zero-order chi connectivity index (χ0) is 20.7. The van der Waals surface area contributed by atoms with Crippen molar-refractivity contribution in [1.29, 1.82) is 0 Å². The average molecular weight is 471 g/mol. The number of carboxylic acids is 1. The van der Waals surface area contributed by atoms with E-state index in [4.69, 9.17) is 21.1 Å². The Kier molecular flexibility index (Phi) is 8.60. The monoisotopic (exact) mass is 469 g/mol. The number of ether oxygens (including phenoxy) is 2. The molecule has 0 aliphatic carbocycles. The maximum atomic E-state index is 11.5. The fourth-order valence-corrected chi connectivity index (χ4v) is 3.35. The topological polar surface area (TPSA) is 67.8 Å². The number of benzene rings is 2. The summed E-state index contributed by atoms with van der Waals surface area (Å²) in [6.07, 6.45) is 0.540. The van der Waals surface area contributed by atoms with Crippen LogP contribution in [0.2, 0.25) is 5.02 Å². The minimum absolute atomic E-state index is 0.267. The van der Waals surface area contributed by atoms with Gasteiger partial charge in [-0.25, -0.2) is 0 Å². The van der Waals surface area contributed by atoms with Gasteiger partial charge in [-0.15, -0.1) is 0 Å². The first-order valence-electron chi connectivity index (χ1n) is 9.00. The molecule has 0 aliphatic rings. The molecule has 152 valence electrons. The predicted molar refractivity (Wildman–Crippen MR) is 114 cm³/mol. The Morgan fingerprint density at radius 1 is 1.21 bits per heavy atom. The van der Waals surface area contributed by atoms with Crippen LogP contribution in [-0.2, 0) is 17.9 Å². The van der Waals surface area contributed by atoms with E-state index >= 15 is 0 Å². The van der Waals surface area contributed by atoms with Crippen molar-refractivity contribution in [2.24, 2.45) is 5.92 Å². The van der Waals surface area contributed by atoms with Crippen molar-refractivity contribution in [3.63, 3.8) is 0 Å². The molecule has 0 saturated carbocycles. The lowest BCUT2D eigenvalue weighted by Gasteiger charge is -2.20. The van der Waals surface area contributed by atoms with Crippen molar-refractivity contribution in [1.82, 2.24) is 5.32 Å². The zero-order valence-electron chi connectivity index (χ0n) is 16.2. The highest BCUT2D eigenvalue weighted by Crippen LogP contribution is 2.37. The molecule has 0 spiro atoms. The number of methoxy groups -OCH3 is 1. The Labute approximate surface area is 179 Å². The highest BCUT2D eigenvalue weighted by Gasteiger charge is 2.21. The maximum absolute atomic E-state index is 11.5. The van der Waals surface area contributed by atoms with Crippen LogP contribution < -0.4 is 14.8 Å². The fraction of sp³-hybridized carbons (Fsp3) is 0.381. The van der Waals surface area contributed by atoms with Crippen molar-refractivity contribution in [2.75, 3.05) is 7.11 Å². The molecule has 0 saturated heterocycles. The maximum Gasteiger partial charge on any atom is 0.320 e. The molecule has 2 N–H and O–H groups in total. The number of aliphatic carboxylic acids is 1. The molecule has 2 aromatic rings. The van der Waals surface area contributed by atoms with Crippen LogP contribution in [0, 0.1) is 5.92 Å². The number of carboxylic acid groups (broad SMARTS) is 1. The number of nitrogens with one attached hydrogen (secondary N) is 1. The van der Waals surface area contributed by atoms with E-state index in [0.717, 1.165) is 15.6 Å². The van der Waals surface area contributed by atoms with Gasteiger partial charge in [-0.2, -0.15) is 0 Å². The molecule has 0 aliphatic heterocycles. The normalized spacial score (nSPS) is 12.1. The van der Waals surface area contributed by atoms with Gasteiger partial charge in [0.2, 0.25) is 0 Å². The van der Waals surface area contributed by atoms with E-state index in [0.29, 0.717) is 36.1 Å². The van der Waals surface area contributed by atoms with Gasteiger partial charge >= 0.3 is 5.97 Å². The van der Waals surface area contributed by atoms with E-state index in [1.807, 2.05) is 50.2 Å². The van der Waals surface area contributed by atoms with Gasteiger partial charge in [-0.05, 0) is 42.2 Å². The second kappa shape index (κ2) is 10.7. The van der Waals surface area contributed by atoms with Crippen LogP contribution in [0.5, 0.6) is 11.5 Å². The molecule has 2 rings (SSSR count). The third kappa shape index (κ3) is 6.40. The van der Waals surface area contributed by atoms with E-state index in [2.05, 4.69) is 21.2 Å². The molecule has 1 atom stereocenters. The molecule has 0 fully saturated rings. The molecular weight excluding hydrogens is 446 g/mol. The fourth-order valence-electron chi connectivity index (χ4n) is 2.77. The van der Waals surface area contributed by atoms with Crippen LogP contribution in [0.1, 0.15) is 31.4 Å². The van der Waals surface area contributed by atoms with E-state index in [1.165, 1.54) is 0 Å². The van der Waals surface area contributed by atoms with Crippen molar-refractivity contribution in [3.05, 3.63) is 57.0 Å². The highest BCUT2D eigenvalue weighted by molar-refractivity contribution is 9.10. The minimum atomic E-state index is -0.864. The number of halogens is 2. The summed E-state index contributed by atoms with van der Waals surface area (Å²) in [4.78, 5) is 11.5. The highest BCUT2D eigenvalue weighted by atomic mass is 79.9. The van der Waals surface area contributed by atoms with Gasteiger partial charge in [0.25, 0.3) is 0 Å². The first kappa shape index (κ1) is 22.5. The third-order valence-electron chi connectivity index (χ3n) is 4.21. The lowest BCUT2D eigenvalue weighted by atomic mass is 10.0. The van der Waals surface area contributed by atoms with Gasteiger partial charge in [-0.3, -0.25) is 4.79 Å². The van der Waals surface area contributed by atoms with Crippen LogP contribution in [0.25, 0.3) is 0 Å². The zero-order valence-corrected chi connectivity index (χ0v) is 18.5. The number of rotatable bonds is 10. The minimum Gasteiger partial charge on any atom is -0.493 e.